The Balaban J connectivity index is 0. The molecule has 0 aliphatic heterocycles. The summed E-state index contributed by atoms with van der Waals surface area (Å²) in [4.78, 5) is 9.25. The van der Waals surface area contributed by atoms with E-state index in [2.05, 4.69) is 19.7 Å². The first-order valence-electron chi connectivity index (χ1n) is 2.68. The average Bonchev–Trinajstić information content (AvgIpc) is 1.89. The lowest BCUT2D eigenvalue weighted by Crippen LogP contribution is -1.82. The highest BCUT2D eigenvalue weighted by Crippen LogP contribution is 1.81. The number of hydrogen-bond donors (Lipinski definition) is 1. The fourth-order valence-electron chi connectivity index (χ4n) is 0. The number of carboxylic acids is 1. The summed E-state index contributed by atoms with van der Waals surface area (Å²) in [6, 6.07) is 0. The Hall–Kier alpha value is -1.31. The van der Waals surface area contributed by atoms with E-state index in [-0.39, 0.29) is 0 Å². The monoisotopic (exact) mass is 140 g/mol. The summed E-state index contributed by atoms with van der Waals surface area (Å²) >= 11 is 0. The lowest BCUT2D eigenvalue weighted by atomic mass is 10.4. The highest BCUT2D eigenvalue weighted by Gasteiger charge is 1.73. The molecule has 0 aromatic rings. The molecule has 2 heteroatoms. The van der Waals surface area contributed by atoms with Crippen LogP contribution in [-0.2, 0) is 4.79 Å². The van der Waals surface area contributed by atoms with Gasteiger partial charge in [0.25, 0.3) is 0 Å². The normalized spacial score (nSPS) is 6.50. The van der Waals surface area contributed by atoms with Gasteiger partial charge in [0.05, 0.1) is 0 Å². The van der Waals surface area contributed by atoms with E-state index in [1.165, 1.54) is 0 Å². The third kappa shape index (κ3) is 29.9. The summed E-state index contributed by atoms with van der Waals surface area (Å²) in [5.41, 5.74) is 1.02. The minimum absolute atomic E-state index is 0.833. The van der Waals surface area contributed by atoms with Gasteiger partial charge in [-0.3, -0.25) is 0 Å². The maximum Gasteiger partial charge on any atom is 0.327 e. The van der Waals surface area contributed by atoms with Gasteiger partial charge in [0.2, 0.25) is 0 Å². The van der Waals surface area contributed by atoms with Crippen molar-refractivity contribution >= 4 is 5.97 Å². The topological polar surface area (TPSA) is 37.3 Å². The molecule has 0 spiro atoms. The molecule has 0 saturated heterocycles. The van der Waals surface area contributed by atoms with Gasteiger partial charge in [-0.2, -0.15) is 0 Å². The molecule has 1 N–H and O–H groups in total. The molecular formula is C8H12O2. The van der Waals surface area contributed by atoms with Crippen molar-refractivity contribution in [1.29, 1.82) is 0 Å². The second-order valence-electron chi connectivity index (χ2n) is 1.59. The van der Waals surface area contributed by atoms with Crippen LogP contribution >= 0.6 is 0 Å². The molecule has 56 valence electrons. The third-order valence-corrected chi connectivity index (χ3v) is 0.523. The molecule has 0 aliphatic rings. The fraction of sp³-hybridized carbons (Fsp3) is 0.125. The van der Waals surface area contributed by atoms with E-state index in [1.807, 2.05) is 6.92 Å². The van der Waals surface area contributed by atoms with Crippen LogP contribution in [0, 0.1) is 0 Å². The predicted octanol–water partition coefficient (Wildman–Crippen LogP) is 2.01. The molecule has 0 aliphatic carbocycles. The van der Waals surface area contributed by atoms with E-state index in [4.69, 9.17) is 5.11 Å². The Kier molecular flexibility index (Phi) is 8.83. The van der Waals surface area contributed by atoms with E-state index < -0.39 is 5.97 Å². The van der Waals surface area contributed by atoms with Gasteiger partial charge in [0, 0.05) is 6.08 Å². The average molecular weight is 140 g/mol. The maximum absolute atomic E-state index is 9.25. The number of allylic oxidation sites excluding steroid dienone is 2. The van der Waals surface area contributed by atoms with Crippen LogP contribution in [-0.4, -0.2) is 11.1 Å². The van der Waals surface area contributed by atoms with Crippen molar-refractivity contribution in [3.05, 3.63) is 37.5 Å². The van der Waals surface area contributed by atoms with Crippen LogP contribution in [0.25, 0.3) is 0 Å². The highest BCUT2D eigenvalue weighted by atomic mass is 16.4. The molecule has 0 fully saturated rings. The smallest absolute Gasteiger partial charge is 0.327 e. The molecule has 10 heavy (non-hydrogen) atoms. The molecule has 0 atom stereocenters. The summed E-state index contributed by atoms with van der Waals surface area (Å²) in [7, 11) is 0. The maximum atomic E-state index is 9.25. The van der Waals surface area contributed by atoms with Crippen LogP contribution in [0.2, 0.25) is 0 Å². The fourth-order valence-corrected chi connectivity index (χ4v) is 0. The number of rotatable bonds is 2. The molecule has 0 heterocycles. The Morgan fingerprint density at radius 1 is 1.40 bits per heavy atom. The first-order chi connectivity index (χ1) is 4.54. The van der Waals surface area contributed by atoms with Crippen molar-refractivity contribution in [2.24, 2.45) is 0 Å². The van der Waals surface area contributed by atoms with Crippen molar-refractivity contribution < 1.29 is 9.90 Å². The molecule has 0 bridgehead atoms. The molecule has 0 unspecified atom stereocenters. The Labute approximate surface area is 61.2 Å². The van der Waals surface area contributed by atoms with Gasteiger partial charge in [0.1, 0.15) is 0 Å². The Morgan fingerprint density at radius 2 is 1.60 bits per heavy atom. The number of carbonyl (C=O) groups is 1. The molecule has 0 aromatic heterocycles. The predicted molar refractivity (Wildman–Crippen MR) is 42.8 cm³/mol. The lowest BCUT2D eigenvalue weighted by Gasteiger charge is -1.71. The van der Waals surface area contributed by atoms with Crippen molar-refractivity contribution in [3.8, 4) is 0 Å². The van der Waals surface area contributed by atoms with Gasteiger partial charge in [-0.15, -0.1) is 0 Å². The van der Waals surface area contributed by atoms with Crippen LogP contribution in [0.4, 0.5) is 0 Å². The number of carboxylic acid groups (broad SMARTS) is 1. The zero-order valence-electron chi connectivity index (χ0n) is 6.13. The van der Waals surface area contributed by atoms with Gasteiger partial charge in [-0.05, 0) is 6.92 Å². The second kappa shape index (κ2) is 7.69. The Bertz CT molecular complexity index is 127. The van der Waals surface area contributed by atoms with Gasteiger partial charge < -0.3 is 5.11 Å². The van der Waals surface area contributed by atoms with Crippen molar-refractivity contribution in [2.75, 3.05) is 0 Å². The van der Waals surface area contributed by atoms with E-state index in [0.29, 0.717) is 0 Å². The minimum Gasteiger partial charge on any atom is -0.478 e. The van der Waals surface area contributed by atoms with E-state index in [0.717, 1.165) is 11.6 Å². The first kappa shape index (κ1) is 11.5. The van der Waals surface area contributed by atoms with E-state index in [1.54, 1.807) is 6.08 Å². The van der Waals surface area contributed by atoms with Gasteiger partial charge >= 0.3 is 5.97 Å². The summed E-state index contributed by atoms with van der Waals surface area (Å²) in [6.07, 6.45) is 2.56. The second-order valence-corrected chi connectivity index (χ2v) is 1.59. The number of hydrogen-bond acceptors (Lipinski definition) is 1. The highest BCUT2D eigenvalue weighted by molar-refractivity contribution is 5.78. The Morgan fingerprint density at radius 3 is 1.60 bits per heavy atom. The molecule has 0 saturated carbocycles. The van der Waals surface area contributed by atoms with Crippen LogP contribution in [0.3, 0.4) is 0 Å². The zero-order chi connectivity index (χ0) is 8.57. The SMILES string of the molecule is C=CC(=C)C.C=CC(=O)O. The molecule has 0 amide bonds. The van der Waals surface area contributed by atoms with Crippen molar-refractivity contribution in [2.45, 2.75) is 6.92 Å². The van der Waals surface area contributed by atoms with Gasteiger partial charge in [-0.25, -0.2) is 4.79 Å². The molecule has 0 radical (unpaired) electrons. The lowest BCUT2D eigenvalue weighted by molar-refractivity contribution is -0.131. The summed E-state index contributed by atoms with van der Waals surface area (Å²) < 4.78 is 0. The van der Waals surface area contributed by atoms with Crippen LogP contribution in [0.1, 0.15) is 6.92 Å². The molecular weight excluding hydrogens is 128 g/mol. The van der Waals surface area contributed by atoms with E-state index in [9.17, 15) is 4.79 Å². The zero-order valence-corrected chi connectivity index (χ0v) is 6.13. The van der Waals surface area contributed by atoms with Crippen molar-refractivity contribution in [1.82, 2.24) is 0 Å². The summed E-state index contributed by atoms with van der Waals surface area (Å²) in [5, 5.41) is 7.60. The van der Waals surface area contributed by atoms with Gasteiger partial charge in [-0.1, -0.05) is 31.4 Å². The molecule has 0 aromatic carbocycles. The van der Waals surface area contributed by atoms with Gasteiger partial charge in [0.15, 0.2) is 0 Å². The summed E-state index contributed by atoms with van der Waals surface area (Å²) in [6.45, 7) is 11.9. The van der Waals surface area contributed by atoms with Crippen LogP contribution in [0.15, 0.2) is 37.5 Å². The van der Waals surface area contributed by atoms with E-state index >= 15 is 0 Å². The van der Waals surface area contributed by atoms with Crippen LogP contribution in [0.5, 0.6) is 0 Å². The van der Waals surface area contributed by atoms with Crippen molar-refractivity contribution in [3.63, 3.8) is 0 Å². The molecule has 0 rings (SSSR count). The molecule has 2 nitrogen and oxygen atoms in total. The third-order valence-electron chi connectivity index (χ3n) is 0.523. The minimum atomic E-state index is -0.981. The quantitative estimate of drug-likeness (QED) is 0.470. The van der Waals surface area contributed by atoms with Crippen LogP contribution < -0.4 is 0 Å². The standard InChI is InChI=1S/C5H8.C3H4O2/c1-4-5(2)3;1-2-3(4)5/h4H,1-2H2,3H3;2H,1H2,(H,4,5). The summed E-state index contributed by atoms with van der Waals surface area (Å²) in [5.74, 6) is -0.981. The first-order valence-corrected chi connectivity index (χ1v) is 2.68. The largest absolute Gasteiger partial charge is 0.478 e. The number of aliphatic carboxylic acids is 1.